The van der Waals surface area contributed by atoms with Gasteiger partial charge in [0.1, 0.15) is 0 Å². The first-order valence-electron chi connectivity index (χ1n) is 12.1. The maximum absolute atomic E-state index is 12.6. The zero-order valence-corrected chi connectivity index (χ0v) is 20.4. The van der Waals surface area contributed by atoms with Crippen LogP contribution in [0, 0.1) is 0 Å². The van der Waals surface area contributed by atoms with Crippen LogP contribution in [-0.2, 0) is 11.3 Å². The van der Waals surface area contributed by atoms with Crippen LogP contribution in [0.5, 0.6) is 0 Å². The van der Waals surface area contributed by atoms with Crippen LogP contribution in [0.25, 0.3) is 0 Å². The lowest BCUT2D eigenvalue weighted by atomic mass is 10.1. The number of carbonyl (C=O) groups is 2. The average molecular weight is 451 g/mol. The smallest absolute Gasteiger partial charge is 0.251 e. The Bertz CT molecular complexity index is 920. The van der Waals surface area contributed by atoms with E-state index in [-0.39, 0.29) is 24.3 Å². The highest BCUT2D eigenvalue weighted by Crippen LogP contribution is 2.23. The summed E-state index contributed by atoms with van der Waals surface area (Å²) in [5.74, 6) is -0.265. The molecule has 2 N–H and O–H groups in total. The van der Waals surface area contributed by atoms with Gasteiger partial charge in [0.2, 0.25) is 5.91 Å². The number of hydrogen-bond donors (Lipinski definition) is 2. The van der Waals surface area contributed by atoms with E-state index in [2.05, 4.69) is 47.3 Å². The zero-order valence-electron chi connectivity index (χ0n) is 20.4. The standard InChI is InChI=1S/C27H38N4O2/c1-5-30(20(2)3)19-22-11-13-23(14-12-22)27(33)28-21(4)17-26(32)29-24-9-8-10-25(18-24)31-15-6-7-16-31/h8-14,18,20-21H,5-7,15-17,19H2,1-4H3,(H,28,33)(H,29,32). The fourth-order valence-electron chi connectivity index (χ4n) is 4.26. The summed E-state index contributed by atoms with van der Waals surface area (Å²) in [6.45, 7) is 12.4. The molecule has 1 saturated heterocycles. The van der Waals surface area contributed by atoms with Crippen LogP contribution in [0.15, 0.2) is 48.5 Å². The first-order chi connectivity index (χ1) is 15.9. The van der Waals surface area contributed by atoms with E-state index < -0.39 is 0 Å². The maximum atomic E-state index is 12.6. The van der Waals surface area contributed by atoms with E-state index in [4.69, 9.17) is 0 Å². The normalized spacial score (nSPS) is 14.5. The van der Waals surface area contributed by atoms with Gasteiger partial charge in [-0.15, -0.1) is 0 Å². The highest BCUT2D eigenvalue weighted by Gasteiger charge is 2.16. The Balaban J connectivity index is 1.48. The molecule has 1 unspecified atom stereocenters. The molecule has 0 spiro atoms. The van der Waals surface area contributed by atoms with Gasteiger partial charge in [-0.3, -0.25) is 14.5 Å². The van der Waals surface area contributed by atoms with E-state index in [1.54, 1.807) is 0 Å². The predicted octanol–water partition coefficient (Wildman–Crippen LogP) is 4.66. The molecule has 0 aliphatic carbocycles. The van der Waals surface area contributed by atoms with Crippen LogP contribution in [0.3, 0.4) is 0 Å². The molecular weight excluding hydrogens is 412 g/mol. The zero-order chi connectivity index (χ0) is 23.8. The summed E-state index contributed by atoms with van der Waals surface area (Å²) in [5, 5.41) is 5.91. The molecule has 1 aliphatic rings. The summed E-state index contributed by atoms with van der Waals surface area (Å²) in [4.78, 5) is 29.9. The van der Waals surface area contributed by atoms with E-state index in [1.165, 1.54) is 18.4 Å². The summed E-state index contributed by atoms with van der Waals surface area (Å²) in [6.07, 6.45) is 2.65. The van der Waals surface area contributed by atoms with Crippen molar-refractivity contribution in [3.05, 3.63) is 59.7 Å². The fraction of sp³-hybridized carbons (Fsp3) is 0.481. The van der Waals surface area contributed by atoms with Gasteiger partial charge >= 0.3 is 0 Å². The number of rotatable bonds is 10. The maximum Gasteiger partial charge on any atom is 0.251 e. The molecule has 6 nitrogen and oxygen atoms in total. The summed E-state index contributed by atoms with van der Waals surface area (Å²) < 4.78 is 0. The van der Waals surface area contributed by atoms with Crippen molar-refractivity contribution >= 4 is 23.2 Å². The molecule has 2 aromatic rings. The van der Waals surface area contributed by atoms with Gasteiger partial charge < -0.3 is 15.5 Å². The van der Waals surface area contributed by atoms with Crippen molar-refractivity contribution in [3.8, 4) is 0 Å². The molecular formula is C27H38N4O2. The molecule has 1 fully saturated rings. The summed E-state index contributed by atoms with van der Waals surface area (Å²) in [6, 6.07) is 15.9. The van der Waals surface area contributed by atoms with E-state index in [0.717, 1.165) is 37.6 Å². The van der Waals surface area contributed by atoms with Gasteiger partial charge in [-0.25, -0.2) is 0 Å². The highest BCUT2D eigenvalue weighted by molar-refractivity contribution is 5.95. The Hall–Kier alpha value is -2.86. The van der Waals surface area contributed by atoms with Gasteiger partial charge in [0.25, 0.3) is 5.91 Å². The van der Waals surface area contributed by atoms with Crippen molar-refractivity contribution in [2.45, 2.75) is 65.6 Å². The Kier molecular flexibility index (Phi) is 8.89. The minimum Gasteiger partial charge on any atom is -0.371 e. The molecule has 0 radical (unpaired) electrons. The molecule has 33 heavy (non-hydrogen) atoms. The van der Waals surface area contributed by atoms with Crippen molar-refractivity contribution in [1.82, 2.24) is 10.2 Å². The Morgan fingerprint density at radius 1 is 1.03 bits per heavy atom. The van der Waals surface area contributed by atoms with Crippen LogP contribution in [0.2, 0.25) is 0 Å². The van der Waals surface area contributed by atoms with Crippen molar-refractivity contribution < 1.29 is 9.59 Å². The van der Waals surface area contributed by atoms with Crippen molar-refractivity contribution in [2.24, 2.45) is 0 Å². The molecule has 3 rings (SSSR count). The lowest BCUT2D eigenvalue weighted by molar-refractivity contribution is -0.116. The van der Waals surface area contributed by atoms with E-state index in [9.17, 15) is 9.59 Å². The molecule has 2 aromatic carbocycles. The van der Waals surface area contributed by atoms with E-state index >= 15 is 0 Å². The third-order valence-electron chi connectivity index (χ3n) is 6.21. The van der Waals surface area contributed by atoms with Gasteiger partial charge in [-0.05, 0) is 76.1 Å². The third kappa shape index (κ3) is 7.32. The number of nitrogens with one attached hydrogen (secondary N) is 2. The van der Waals surface area contributed by atoms with Crippen LogP contribution < -0.4 is 15.5 Å². The lowest BCUT2D eigenvalue weighted by Gasteiger charge is -2.24. The highest BCUT2D eigenvalue weighted by atomic mass is 16.2. The van der Waals surface area contributed by atoms with Crippen molar-refractivity contribution in [3.63, 3.8) is 0 Å². The van der Waals surface area contributed by atoms with Gasteiger partial charge in [0.05, 0.1) is 0 Å². The molecule has 1 heterocycles. The average Bonchev–Trinajstić information content (AvgIpc) is 3.32. The van der Waals surface area contributed by atoms with Crippen LogP contribution >= 0.6 is 0 Å². The Morgan fingerprint density at radius 2 is 1.73 bits per heavy atom. The van der Waals surface area contributed by atoms with Gasteiger partial charge in [0, 0.05) is 55.1 Å². The molecule has 2 amide bonds. The summed E-state index contributed by atoms with van der Waals surface area (Å²) >= 11 is 0. The Labute approximate surface area is 198 Å². The largest absolute Gasteiger partial charge is 0.371 e. The fourth-order valence-corrected chi connectivity index (χ4v) is 4.26. The number of nitrogens with zero attached hydrogens (tertiary/aromatic N) is 2. The van der Waals surface area contributed by atoms with Crippen molar-refractivity contribution in [2.75, 3.05) is 29.9 Å². The molecule has 0 aromatic heterocycles. The molecule has 1 aliphatic heterocycles. The number of amides is 2. The van der Waals surface area contributed by atoms with Gasteiger partial charge in [-0.1, -0.05) is 25.1 Å². The molecule has 6 heteroatoms. The van der Waals surface area contributed by atoms with Gasteiger partial charge in [0.15, 0.2) is 0 Å². The number of hydrogen-bond acceptors (Lipinski definition) is 4. The molecule has 0 saturated carbocycles. The summed E-state index contributed by atoms with van der Waals surface area (Å²) in [7, 11) is 0. The van der Waals surface area contributed by atoms with E-state index in [1.807, 2.05) is 49.4 Å². The topological polar surface area (TPSA) is 64.7 Å². The molecule has 0 bridgehead atoms. The molecule has 1 atom stereocenters. The minimum absolute atomic E-state index is 0.106. The first kappa shape index (κ1) is 24.8. The second-order valence-electron chi connectivity index (χ2n) is 9.23. The minimum atomic E-state index is -0.268. The third-order valence-corrected chi connectivity index (χ3v) is 6.21. The lowest BCUT2D eigenvalue weighted by Crippen LogP contribution is -2.35. The Morgan fingerprint density at radius 3 is 2.36 bits per heavy atom. The van der Waals surface area contributed by atoms with E-state index in [0.29, 0.717) is 11.6 Å². The van der Waals surface area contributed by atoms with Crippen molar-refractivity contribution in [1.29, 1.82) is 0 Å². The monoisotopic (exact) mass is 450 g/mol. The second kappa shape index (κ2) is 11.8. The first-order valence-corrected chi connectivity index (χ1v) is 12.1. The summed E-state index contributed by atoms with van der Waals surface area (Å²) in [5.41, 5.74) is 3.73. The van der Waals surface area contributed by atoms with Crippen LogP contribution in [0.4, 0.5) is 11.4 Å². The number of carbonyl (C=O) groups excluding carboxylic acids is 2. The van der Waals surface area contributed by atoms with Crippen LogP contribution in [0.1, 0.15) is 62.9 Å². The van der Waals surface area contributed by atoms with Gasteiger partial charge in [-0.2, -0.15) is 0 Å². The second-order valence-corrected chi connectivity index (χ2v) is 9.23. The van der Waals surface area contributed by atoms with Crippen LogP contribution in [-0.4, -0.2) is 48.4 Å². The quantitative estimate of drug-likeness (QED) is 0.552. The number of benzene rings is 2. The predicted molar refractivity (Wildman–Crippen MR) is 136 cm³/mol. The molecule has 178 valence electrons. The number of anilines is 2. The SMILES string of the molecule is CCN(Cc1ccc(C(=O)NC(C)CC(=O)Nc2cccc(N3CCCC3)c2)cc1)C(C)C.